The number of halogens is 1. The van der Waals surface area contributed by atoms with Gasteiger partial charge in [-0.25, -0.2) is 0 Å². The van der Waals surface area contributed by atoms with E-state index < -0.39 is 0 Å². The molecule has 1 saturated heterocycles. The predicted molar refractivity (Wildman–Crippen MR) is 119 cm³/mol. The molecular weight excluding hydrogens is 437 g/mol. The van der Waals surface area contributed by atoms with E-state index in [4.69, 9.17) is 0 Å². The van der Waals surface area contributed by atoms with Crippen LogP contribution in [0.25, 0.3) is 0 Å². The Labute approximate surface area is 173 Å². The van der Waals surface area contributed by atoms with Crippen LogP contribution >= 0.6 is 24.0 Å². The van der Waals surface area contributed by atoms with Crippen molar-refractivity contribution < 1.29 is 0 Å². The fraction of sp³-hybridized carbons (Fsp3) is 0.400. The summed E-state index contributed by atoms with van der Waals surface area (Å²) in [7, 11) is 1.82. The molecule has 0 saturated carbocycles. The van der Waals surface area contributed by atoms with E-state index in [1.807, 2.05) is 19.3 Å². The van der Waals surface area contributed by atoms with Crippen molar-refractivity contribution in [2.75, 3.05) is 25.0 Å². The molecule has 1 aliphatic rings. The van der Waals surface area contributed by atoms with Crippen molar-refractivity contribution in [3.8, 4) is 0 Å². The minimum Gasteiger partial charge on any atom is -0.371 e. The number of nitrogens with one attached hydrogen (secondary N) is 2. The molecule has 26 heavy (non-hydrogen) atoms. The van der Waals surface area contributed by atoms with E-state index in [0.29, 0.717) is 12.6 Å². The first-order valence-corrected chi connectivity index (χ1v) is 8.94. The molecule has 1 aromatic heterocycles. The van der Waals surface area contributed by atoms with E-state index in [9.17, 15) is 0 Å². The van der Waals surface area contributed by atoms with E-state index in [1.54, 1.807) is 0 Å². The number of nitrogens with zero attached hydrogens (tertiary/aromatic N) is 3. The van der Waals surface area contributed by atoms with Gasteiger partial charge in [0, 0.05) is 38.1 Å². The minimum absolute atomic E-state index is 0. The van der Waals surface area contributed by atoms with Gasteiger partial charge < -0.3 is 15.5 Å². The Bertz CT molecular complexity index is 696. The Hall–Kier alpha value is -1.83. The fourth-order valence-corrected chi connectivity index (χ4v) is 3.18. The summed E-state index contributed by atoms with van der Waals surface area (Å²) in [5, 5.41) is 6.93. The lowest BCUT2D eigenvalue weighted by atomic mass is 10.0. The Balaban J connectivity index is 0.00000243. The largest absolute Gasteiger partial charge is 0.371 e. The SMILES string of the molecule is CN=C(NCc1ncccc1C)NC1CCN(c2ccccc2)CC1.I. The molecule has 0 spiro atoms. The van der Waals surface area contributed by atoms with Gasteiger partial charge in [0.2, 0.25) is 0 Å². The van der Waals surface area contributed by atoms with E-state index >= 15 is 0 Å². The lowest BCUT2D eigenvalue weighted by molar-refractivity contribution is 0.461. The van der Waals surface area contributed by atoms with Crippen molar-refractivity contribution in [1.29, 1.82) is 0 Å². The highest BCUT2D eigenvalue weighted by atomic mass is 127. The molecule has 0 atom stereocenters. The molecular formula is C20H28IN5. The average molecular weight is 465 g/mol. The summed E-state index contributed by atoms with van der Waals surface area (Å²) in [5.41, 5.74) is 3.57. The van der Waals surface area contributed by atoms with E-state index in [0.717, 1.165) is 37.6 Å². The van der Waals surface area contributed by atoms with Gasteiger partial charge in [0.25, 0.3) is 0 Å². The Kier molecular flexibility index (Phi) is 8.15. The van der Waals surface area contributed by atoms with Gasteiger partial charge in [-0.05, 0) is 43.5 Å². The Morgan fingerprint density at radius 2 is 1.88 bits per heavy atom. The van der Waals surface area contributed by atoms with Crippen LogP contribution in [0.1, 0.15) is 24.1 Å². The first kappa shape index (κ1) is 20.5. The number of anilines is 1. The van der Waals surface area contributed by atoms with Crippen LogP contribution in [0, 0.1) is 6.92 Å². The number of pyridine rings is 1. The standard InChI is InChI=1S/C20H27N5.HI/c1-16-7-6-12-22-19(16)15-23-20(21-2)24-17-10-13-25(14-11-17)18-8-4-3-5-9-18;/h3-9,12,17H,10-11,13-15H2,1-2H3,(H2,21,23,24);1H. The fourth-order valence-electron chi connectivity index (χ4n) is 3.18. The average Bonchev–Trinajstić information content (AvgIpc) is 2.67. The summed E-state index contributed by atoms with van der Waals surface area (Å²) in [6.07, 6.45) is 4.05. The van der Waals surface area contributed by atoms with Gasteiger partial charge in [-0.15, -0.1) is 24.0 Å². The minimum atomic E-state index is 0. The number of aliphatic imine (C=N–C) groups is 1. The van der Waals surface area contributed by atoms with Gasteiger partial charge in [-0.3, -0.25) is 9.98 Å². The van der Waals surface area contributed by atoms with Crippen LogP contribution in [0.4, 0.5) is 5.69 Å². The third kappa shape index (κ3) is 5.59. The number of guanidine groups is 1. The van der Waals surface area contributed by atoms with Crippen LogP contribution in [0.2, 0.25) is 0 Å². The van der Waals surface area contributed by atoms with Crippen molar-refractivity contribution in [1.82, 2.24) is 15.6 Å². The van der Waals surface area contributed by atoms with Crippen molar-refractivity contribution in [3.05, 3.63) is 59.9 Å². The van der Waals surface area contributed by atoms with Gasteiger partial charge in [-0.1, -0.05) is 24.3 Å². The second-order valence-corrected chi connectivity index (χ2v) is 6.43. The maximum Gasteiger partial charge on any atom is 0.191 e. The van der Waals surface area contributed by atoms with Crippen molar-refractivity contribution in [3.63, 3.8) is 0 Å². The van der Waals surface area contributed by atoms with E-state index in [1.165, 1.54) is 11.3 Å². The zero-order valence-corrected chi connectivity index (χ0v) is 17.8. The van der Waals surface area contributed by atoms with Gasteiger partial charge in [0.15, 0.2) is 5.96 Å². The second kappa shape index (κ2) is 10.4. The number of aryl methyl sites for hydroxylation is 1. The molecule has 1 fully saturated rings. The molecule has 0 radical (unpaired) electrons. The lowest BCUT2D eigenvalue weighted by Gasteiger charge is -2.34. The van der Waals surface area contributed by atoms with E-state index in [-0.39, 0.29) is 24.0 Å². The summed E-state index contributed by atoms with van der Waals surface area (Å²) in [5.74, 6) is 0.850. The smallest absolute Gasteiger partial charge is 0.191 e. The number of hydrogen-bond donors (Lipinski definition) is 2. The molecule has 0 aliphatic carbocycles. The summed E-state index contributed by atoms with van der Waals surface area (Å²) in [6, 6.07) is 15.1. The number of para-hydroxylation sites is 1. The van der Waals surface area contributed by atoms with Crippen LogP contribution < -0.4 is 15.5 Å². The first-order valence-electron chi connectivity index (χ1n) is 8.94. The molecule has 0 bridgehead atoms. The van der Waals surface area contributed by atoms with Gasteiger partial charge in [-0.2, -0.15) is 0 Å². The molecule has 0 unspecified atom stereocenters. The van der Waals surface area contributed by atoms with Gasteiger partial charge in [0.1, 0.15) is 0 Å². The van der Waals surface area contributed by atoms with E-state index in [2.05, 4.69) is 68.8 Å². The topological polar surface area (TPSA) is 52.6 Å². The monoisotopic (exact) mass is 465 g/mol. The van der Waals surface area contributed by atoms with Crippen LogP contribution in [0.5, 0.6) is 0 Å². The van der Waals surface area contributed by atoms with Crippen molar-refractivity contribution in [2.24, 2.45) is 4.99 Å². The Morgan fingerprint density at radius 3 is 2.54 bits per heavy atom. The maximum absolute atomic E-state index is 4.42. The van der Waals surface area contributed by atoms with Crippen LogP contribution in [-0.2, 0) is 6.54 Å². The third-order valence-corrected chi connectivity index (χ3v) is 4.72. The van der Waals surface area contributed by atoms with Crippen LogP contribution in [-0.4, -0.2) is 37.1 Å². The maximum atomic E-state index is 4.42. The summed E-state index contributed by atoms with van der Waals surface area (Å²) in [6.45, 7) is 4.91. The highest BCUT2D eigenvalue weighted by molar-refractivity contribution is 14.0. The lowest BCUT2D eigenvalue weighted by Crippen LogP contribution is -2.48. The molecule has 6 heteroatoms. The quantitative estimate of drug-likeness (QED) is 0.413. The summed E-state index contributed by atoms with van der Waals surface area (Å²) < 4.78 is 0. The predicted octanol–water partition coefficient (Wildman–Crippen LogP) is 3.34. The molecule has 2 N–H and O–H groups in total. The first-order chi connectivity index (χ1) is 12.3. The Morgan fingerprint density at radius 1 is 1.15 bits per heavy atom. The number of benzene rings is 1. The van der Waals surface area contributed by atoms with Gasteiger partial charge in [0.05, 0.1) is 12.2 Å². The normalized spacial score (nSPS) is 15.3. The van der Waals surface area contributed by atoms with Crippen LogP contribution in [0.15, 0.2) is 53.7 Å². The number of hydrogen-bond acceptors (Lipinski definition) is 3. The zero-order valence-electron chi connectivity index (χ0n) is 15.5. The highest BCUT2D eigenvalue weighted by Crippen LogP contribution is 2.19. The van der Waals surface area contributed by atoms with Crippen LogP contribution in [0.3, 0.4) is 0 Å². The molecule has 140 valence electrons. The number of piperidine rings is 1. The summed E-state index contributed by atoms with van der Waals surface area (Å²) >= 11 is 0. The molecule has 3 rings (SSSR count). The zero-order chi connectivity index (χ0) is 17.5. The molecule has 2 heterocycles. The molecule has 5 nitrogen and oxygen atoms in total. The summed E-state index contributed by atoms with van der Waals surface area (Å²) in [4.78, 5) is 11.2. The van der Waals surface area contributed by atoms with Crippen molar-refractivity contribution in [2.45, 2.75) is 32.4 Å². The second-order valence-electron chi connectivity index (χ2n) is 6.43. The molecule has 2 aromatic rings. The highest BCUT2D eigenvalue weighted by Gasteiger charge is 2.20. The number of rotatable bonds is 4. The molecule has 1 aromatic carbocycles. The molecule has 0 amide bonds. The number of aromatic nitrogens is 1. The van der Waals surface area contributed by atoms with Gasteiger partial charge >= 0.3 is 0 Å². The van der Waals surface area contributed by atoms with Crippen molar-refractivity contribution >= 4 is 35.6 Å². The molecule has 1 aliphatic heterocycles. The third-order valence-electron chi connectivity index (χ3n) is 4.72.